The summed E-state index contributed by atoms with van der Waals surface area (Å²) < 4.78 is 3.08. The van der Waals surface area contributed by atoms with E-state index in [-0.39, 0.29) is 24.1 Å². The third kappa shape index (κ3) is 3.00. The van der Waals surface area contributed by atoms with E-state index in [1.54, 1.807) is 11.5 Å². The molecule has 0 aliphatic rings. The van der Waals surface area contributed by atoms with Crippen molar-refractivity contribution in [2.24, 2.45) is 5.92 Å². The predicted octanol–water partition coefficient (Wildman–Crippen LogP) is 1.88. The molecule has 1 heterocycles. The lowest BCUT2D eigenvalue weighted by atomic mass is 9.90. The van der Waals surface area contributed by atoms with Crippen LogP contribution in [0.3, 0.4) is 0 Å². The number of imidazole rings is 1. The Kier molecular flexibility index (Phi) is 4.60. The van der Waals surface area contributed by atoms with Gasteiger partial charge in [0.15, 0.2) is 0 Å². The molecule has 0 aliphatic carbocycles. The van der Waals surface area contributed by atoms with Gasteiger partial charge in [0, 0.05) is 6.54 Å². The van der Waals surface area contributed by atoms with Crippen molar-refractivity contribution in [3.8, 4) is 6.07 Å². The molecule has 6 heteroatoms. The Labute approximate surface area is 135 Å². The minimum atomic E-state index is -0.955. The molecule has 122 valence electrons. The lowest BCUT2D eigenvalue weighted by Gasteiger charge is -2.27. The van der Waals surface area contributed by atoms with Crippen LogP contribution in [0, 0.1) is 17.2 Å². The highest BCUT2D eigenvalue weighted by molar-refractivity contribution is 5.81. The summed E-state index contributed by atoms with van der Waals surface area (Å²) in [5.41, 5.74) is 0.355. The topological polar surface area (TPSA) is 79.8 Å². The molecule has 0 bridgehead atoms. The van der Waals surface area contributed by atoms with E-state index < -0.39 is 5.54 Å². The van der Waals surface area contributed by atoms with E-state index in [4.69, 9.17) is 0 Å². The zero-order chi connectivity index (χ0) is 17.2. The van der Waals surface area contributed by atoms with E-state index >= 15 is 0 Å². The van der Waals surface area contributed by atoms with Gasteiger partial charge in [-0.3, -0.25) is 13.9 Å². The Morgan fingerprint density at radius 2 is 1.87 bits per heavy atom. The van der Waals surface area contributed by atoms with Crippen molar-refractivity contribution in [2.75, 3.05) is 0 Å². The smallest absolute Gasteiger partial charge is 0.329 e. The maximum absolute atomic E-state index is 12.5. The maximum atomic E-state index is 12.5. The summed E-state index contributed by atoms with van der Waals surface area (Å²) in [7, 11) is 0. The van der Waals surface area contributed by atoms with Gasteiger partial charge in [-0.05, 0) is 31.9 Å². The number of aromatic nitrogens is 2. The predicted molar refractivity (Wildman–Crippen MR) is 88.9 cm³/mol. The SMILES string of the molecule is CCn1c(=O)n(CC(=O)N[C@@](C)(C#N)C(C)C)c2ccccc21. The fourth-order valence-corrected chi connectivity index (χ4v) is 2.51. The molecule has 0 saturated carbocycles. The summed E-state index contributed by atoms with van der Waals surface area (Å²) in [4.78, 5) is 24.9. The average Bonchev–Trinajstić information content (AvgIpc) is 2.79. The molecule has 0 fully saturated rings. The Hall–Kier alpha value is -2.55. The average molecular weight is 314 g/mol. The van der Waals surface area contributed by atoms with E-state index in [1.165, 1.54) is 4.57 Å². The van der Waals surface area contributed by atoms with Crippen molar-refractivity contribution in [3.05, 3.63) is 34.7 Å². The van der Waals surface area contributed by atoms with Crippen molar-refractivity contribution < 1.29 is 4.79 Å². The second-order valence-electron chi connectivity index (χ2n) is 6.12. The van der Waals surface area contributed by atoms with Crippen LogP contribution in [0.5, 0.6) is 0 Å². The van der Waals surface area contributed by atoms with Crippen molar-refractivity contribution >= 4 is 16.9 Å². The molecule has 0 radical (unpaired) electrons. The quantitative estimate of drug-likeness (QED) is 0.915. The monoisotopic (exact) mass is 314 g/mol. The van der Waals surface area contributed by atoms with Crippen molar-refractivity contribution in [1.82, 2.24) is 14.5 Å². The summed E-state index contributed by atoms with van der Waals surface area (Å²) in [5.74, 6) is -0.381. The first-order valence-electron chi connectivity index (χ1n) is 7.74. The fraction of sp³-hybridized carbons (Fsp3) is 0.471. The molecule has 1 aromatic carbocycles. The fourth-order valence-electron chi connectivity index (χ4n) is 2.51. The van der Waals surface area contributed by atoms with Crippen molar-refractivity contribution in [2.45, 2.75) is 46.3 Å². The molecule has 1 N–H and O–H groups in total. The third-order valence-corrected chi connectivity index (χ3v) is 4.33. The van der Waals surface area contributed by atoms with Crippen LogP contribution in [0.1, 0.15) is 27.7 Å². The summed E-state index contributed by atoms with van der Waals surface area (Å²) >= 11 is 0. The first kappa shape index (κ1) is 16.8. The van der Waals surface area contributed by atoms with Crippen LogP contribution in [0.25, 0.3) is 11.0 Å². The van der Waals surface area contributed by atoms with Gasteiger partial charge in [-0.2, -0.15) is 5.26 Å². The lowest BCUT2D eigenvalue weighted by molar-refractivity contribution is -0.123. The van der Waals surface area contributed by atoms with Gasteiger partial charge in [0.1, 0.15) is 12.1 Å². The number of carbonyl (C=O) groups excluding carboxylic acids is 1. The van der Waals surface area contributed by atoms with Gasteiger partial charge in [0.2, 0.25) is 5.91 Å². The largest absolute Gasteiger partial charge is 0.336 e. The van der Waals surface area contributed by atoms with E-state index in [9.17, 15) is 14.9 Å². The van der Waals surface area contributed by atoms with Crippen LogP contribution in [-0.4, -0.2) is 20.6 Å². The number of hydrogen-bond donors (Lipinski definition) is 1. The van der Waals surface area contributed by atoms with E-state index in [1.807, 2.05) is 45.0 Å². The van der Waals surface area contributed by atoms with Crippen LogP contribution < -0.4 is 11.0 Å². The molecule has 0 aliphatic heterocycles. The van der Waals surface area contributed by atoms with Crippen LogP contribution >= 0.6 is 0 Å². The minimum Gasteiger partial charge on any atom is -0.336 e. The van der Waals surface area contributed by atoms with Gasteiger partial charge >= 0.3 is 5.69 Å². The summed E-state index contributed by atoms with van der Waals surface area (Å²) in [6, 6.07) is 9.52. The standard InChI is InChI=1S/C17H22N4O2/c1-5-20-13-8-6-7-9-14(13)21(16(20)23)10-15(22)19-17(4,11-18)12(2)3/h6-9,12H,5,10H2,1-4H3,(H,19,22)/t17-/m0/s1. The van der Waals surface area contributed by atoms with E-state index in [2.05, 4.69) is 11.4 Å². The number of fused-ring (bicyclic) bond motifs is 1. The van der Waals surface area contributed by atoms with E-state index in [0.29, 0.717) is 6.54 Å². The van der Waals surface area contributed by atoms with Gasteiger partial charge in [0.05, 0.1) is 17.1 Å². The van der Waals surface area contributed by atoms with Crippen molar-refractivity contribution in [3.63, 3.8) is 0 Å². The van der Waals surface area contributed by atoms with Crippen LogP contribution in [-0.2, 0) is 17.9 Å². The first-order valence-corrected chi connectivity index (χ1v) is 7.74. The number of hydrogen-bond acceptors (Lipinski definition) is 3. The second kappa shape index (κ2) is 6.29. The Bertz CT molecular complexity index is 825. The molecule has 1 aromatic heterocycles. The number of aryl methyl sites for hydroxylation is 1. The molecule has 23 heavy (non-hydrogen) atoms. The zero-order valence-electron chi connectivity index (χ0n) is 14.0. The molecule has 0 unspecified atom stereocenters. The Balaban J connectivity index is 2.36. The Morgan fingerprint density at radius 1 is 1.30 bits per heavy atom. The number of benzene rings is 1. The number of nitriles is 1. The summed E-state index contributed by atoms with van der Waals surface area (Å²) in [5, 5.41) is 12.0. The highest BCUT2D eigenvalue weighted by Crippen LogP contribution is 2.16. The summed E-state index contributed by atoms with van der Waals surface area (Å²) in [6.07, 6.45) is 0. The molecule has 1 atom stereocenters. The number of nitrogens with one attached hydrogen (secondary N) is 1. The van der Waals surface area contributed by atoms with Gasteiger partial charge in [-0.15, -0.1) is 0 Å². The van der Waals surface area contributed by atoms with Crippen LogP contribution in [0.4, 0.5) is 0 Å². The number of rotatable bonds is 5. The molecule has 2 aromatic rings. The number of carbonyl (C=O) groups is 1. The molecular formula is C17H22N4O2. The second-order valence-corrected chi connectivity index (χ2v) is 6.12. The zero-order valence-corrected chi connectivity index (χ0v) is 14.0. The normalized spacial score (nSPS) is 13.7. The van der Waals surface area contributed by atoms with Crippen molar-refractivity contribution in [1.29, 1.82) is 5.26 Å². The van der Waals surface area contributed by atoms with Gasteiger partial charge < -0.3 is 5.32 Å². The van der Waals surface area contributed by atoms with Gasteiger partial charge in [-0.25, -0.2) is 4.79 Å². The molecule has 0 spiro atoms. The van der Waals surface area contributed by atoms with Gasteiger partial charge in [0.25, 0.3) is 0 Å². The highest BCUT2D eigenvalue weighted by atomic mass is 16.2. The summed E-state index contributed by atoms with van der Waals surface area (Å²) in [6.45, 7) is 7.76. The van der Waals surface area contributed by atoms with Crippen LogP contribution in [0.15, 0.2) is 29.1 Å². The van der Waals surface area contributed by atoms with E-state index in [0.717, 1.165) is 11.0 Å². The molecule has 2 rings (SSSR count). The first-order chi connectivity index (χ1) is 10.8. The highest BCUT2D eigenvalue weighted by Gasteiger charge is 2.30. The lowest BCUT2D eigenvalue weighted by Crippen LogP contribution is -2.50. The van der Waals surface area contributed by atoms with Crippen LogP contribution in [0.2, 0.25) is 0 Å². The molecular weight excluding hydrogens is 292 g/mol. The molecule has 6 nitrogen and oxygen atoms in total. The van der Waals surface area contributed by atoms with Gasteiger partial charge in [-0.1, -0.05) is 26.0 Å². The number of nitrogens with zero attached hydrogens (tertiary/aromatic N) is 3. The number of amides is 1. The minimum absolute atomic E-state index is 0.0369. The molecule has 0 saturated heterocycles. The molecule has 1 amide bonds. The Morgan fingerprint density at radius 3 is 2.35 bits per heavy atom. The number of para-hydroxylation sites is 2. The maximum Gasteiger partial charge on any atom is 0.329 e. The third-order valence-electron chi connectivity index (χ3n) is 4.33.